The third-order valence-electron chi connectivity index (χ3n) is 1.45. The van der Waals surface area contributed by atoms with Crippen LogP contribution < -0.4 is 4.72 Å². The lowest BCUT2D eigenvalue weighted by atomic mass is 10.6. The van der Waals surface area contributed by atoms with Crippen molar-refractivity contribution in [3.8, 4) is 0 Å². The Kier molecular flexibility index (Phi) is 3.04. The third kappa shape index (κ3) is 2.66. The predicted molar refractivity (Wildman–Crippen MR) is 46.6 cm³/mol. The lowest BCUT2D eigenvalue weighted by Gasteiger charge is -2.01. The minimum absolute atomic E-state index is 0.0344. The summed E-state index contributed by atoms with van der Waals surface area (Å²) in [5, 5.41) is 3.27. The van der Waals surface area contributed by atoms with E-state index in [1.165, 1.54) is 6.92 Å². The van der Waals surface area contributed by atoms with Gasteiger partial charge in [-0.25, -0.2) is 13.1 Å². The number of aromatic nitrogens is 2. The number of hydrogen-bond donors (Lipinski definition) is 1. The molecule has 14 heavy (non-hydrogen) atoms. The zero-order chi connectivity index (χ0) is 10.8. The number of nitrogens with zero attached hydrogens (tertiary/aromatic N) is 2. The van der Waals surface area contributed by atoms with Crippen LogP contribution in [0, 0.1) is 0 Å². The van der Waals surface area contributed by atoms with Crippen LogP contribution in [0.15, 0.2) is 12.4 Å². The van der Waals surface area contributed by atoms with Crippen molar-refractivity contribution in [2.45, 2.75) is 13.5 Å². The molecule has 0 aliphatic heterocycles. The average Bonchev–Trinajstić information content (AvgIpc) is 2.52. The number of halogens is 2. The van der Waals surface area contributed by atoms with Crippen molar-refractivity contribution in [1.29, 1.82) is 0 Å². The van der Waals surface area contributed by atoms with Crippen LogP contribution in [0.1, 0.15) is 13.5 Å². The van der Waals surface area contributed by atoms with Crippen LogP contribution in [0.2, 0.25) is 0 Å². The Hall–Kier alpha value is -1.18. The van der Waals surface area contributed by atoms with Crippen molar-refractivity contribution in [3.63, 3.8) is 0 Å². The first kappa shape index (κ1) is 10.9. The zero-order valence-electron chi connectivity index (χ0n) is 7.31. The Balaban J connectivity index is 2.79. The van der Waals surface area contributed by atoms with Gasteiger partial charge in [0, 0.05) is 0 Å². The van der Waals surface area contributed by atoms with Gasteiger partial charge in [0.15, 0.2) is 0 Å². The zero-order valence-corrected chi connectivity index (χ0v) is 8.13. The van der Waals surface area contributed by atoms with Crippen LogP contribution in [0.3, 0.4) is 0 Å². The largest absolute Gasteiger partial charge is 0.333 e. The first-order chi connectivity index (χ1) is 6.44. The number of alkyl halides is 2. The summed E-state index contributed by atoms with van der Waals surface area (Å²) in [7, 11) is -3.43. The molecule has 0 radical (unpaired) electrons. The smallest absolute Gasteiger partial charge is 0.280 e. The highest BCUT2D eigenvalue weighted by atomic mass is 32.2. The van der Waals surface area contributed by atoms with Gasteiger partial charge in [-0.05, 0) is 6.92 Å². The van der Waals surface area contributed by atoms with Gasteiger partial charge in [0.05, 0.1) is 23.8 Å². The summed E-state index contributed by atoms with van der Waals surface area (Å²) in [5.74, 6) is -0.118. The van der Waals surface area contributed by atoms with E-state index in [1.54, 1.807) is 0 Å². The van der Waals surface area contributed by atoms with Crippen molar-refractivity contribution in [2.24, 2.45) is 0 Å². The molecule has 5 nitrogen and oxygen atoms in total. The normalized spacial score (nSPS) is 12.0. The van der Waals surface area contributed by atoms with Crippen LogP contribution in [0.5, 0.6) is 0 Å². The van der Waals surface area contributed by atoms with Crippen LogP contribution in [0.25, 0.3) is 0 Å². The molecule has 0 saturated carbocycles. The van der Waals surface area contributed by atoms with E-state index in [2.05, 4.69) is 9.82 Å². The summed E-state index contributed by atoms with van der Waals surface area (Å²) in [4.78, 5) is 0. The van der Waals surface area contributed by atoms with Gasteiger partial charge in [-0.1, -0.05) is 0 Å². The maximum atomic E-state index is 12.0. The number of anilines is 1. The maximum Gasteiger partial charge on any atom is 0.333 e. The lowest BCUT2D eigenvalue weighted by Crippen LogP contribution is -2.14. The first-order valence-corrected chi connectivity index (χ1v) is 5.42. The number of sulfonamides is 1. The molecule has 1 heterocycles. The Morgan fingerprint density at radius 1 is 1.64 bits per heavy atom. The average molecular weight is 225 g/mol. The third-order valence-corrected chi connectivity index (χ3v) is 2.76. The fourth-order valence-electron chi connectivity index (χ4n) is 0.749. The second-order valence-electron chi connectivity index (χ2n) is 2.49. The minimum atomic E-state index is -3.43. The first-order valence-electron chi connectivity index (χ1n) is 3.77. The molecule has 0 aliphatic rings. The van der Waals surface area contributed by atoms with Crippen molar-refractivity contribution < 1.29 is 17.2 Å². The fraction of sp³-hybridized carbons (Fsp3) is 0.500. The highest BCUT2D eigenvalue weighted by molar-refractivity contribution is 7.92. The van der Waals surface area contributed by atoms with Crippen molar-refractivity contribution in [2.75, 3.05) is 10.5 Å². The van der Waals surface area contributed by atoms with Gasteiger partial charge in [0.25, 0.3) is 0 Å². The summed E-state index contributed by atoms with van der Waals surface area (Å²) in [6.07, 6.45) is 1.96. The van der Waals surface area contributed by atoms with Crippen LogP contribution in [0.4, 0.5) is 14.5 Å². The molecule has 0 spiro atoms. The van der Waals surface area contributed by atoms with E-state index in [0.29, 0.717) is 4.68 Å². The molecule has 0 aromatic carbocycles. The predicted octanol–water partition coefficient (Wildman–Crippen LogP) is 1.04. The molecule has 0 aliphatic carbocycles. The second-order valence-corrected chi connectivity index (χ2v) is 4.50. The summed E-state index contributed by atoms with van der Waals surface area (Å²) < 4.78 is 48.5. The Morgan fingerprint density at radius 2 is 2.29 bits per heavy atom. The highest BCUT2D eigenvalue weighted by Gasteiger charge is 2.11. The summed E-state index contributed by atoms with van der Waals surface area (Å²) in [6.45, 7) is -1.32. The SMILES string of the molecule is CCS(=O)(=O)Nc1cnn(C(F)F)c1. The molecule has 0 bridgehead atoms. The molecule has 0 unspecified atom stereocenters. The maximum absolute atomic E-state index is 12.0. The monoisotopic (exact) mass is 225 g/mol. The molecule has 1 rings (SSSR count). The topological polar surface area (TPSA) is 64.0 Å². The van der Waals surface area contributed by atoms with Gasteiger partial charge in [0.2, 0.25) is 10.0 Å². The number of rotatable bonds is 4. The molecule has 1 N–H and O–H groups in total. The van der Waals surface area contributed by atoms with Crippen LogP contribution in [-0.4, -0.2) is 24.0 Å². The van der Waals surface area contributed by atoms with Gasteiger partial charge in [-0.15, -0.1) is 0 Å². The Labute approximate surface area is 79.8 Å². The van der Waals surface area contributed by atoms with E-state index in [1.807, 2.05) is 0 Å². The molecule has 0 saturated heterocycles. The van der Waals surface area contributed by atoms with Crippen molar-refractivity contribution in [3.05, 3.63) is 12.4 Å². The highest BCUT2D eigenvalue weighted by Crippen LogP contribution is 2.13. The summed E-state index contributed by atoms with van der Waals surface area (Å²) in [6, 6.07) is 0. The van der Waals surface area contributed by atoms with Crippen molar-refractivity contribution >= 4 is 15.7 Å². The number of hydrogen-bond acceptors (Lipinski definition) is 3. The van der Waals surface area contributed by atoms with Gasteiger partial charge in [0.1, 0.15) is 0 Å². The van der Waals surface area contributed by atoms with E-state index in [9.17, 15) is 17.2 Å². The standard InChI is InChI=1S/C6H9F2N3O2S/c1-2-14(12,13)10-5-3-9-11(4-5)6(7)8/h3-4,6,10H,2H2,1H3. The van der Waals surface area contributed by atoms with Gasteiger partial charge in [-0.3, -0.25) is 4.72 Å². The lowest BCUT2D eigenvalue weighted by molar-refractivity contribution is 0.0566. The van der Waals surface area contributed by atoms with Crippen molar-refractivity contribution in [1.82, 2.24) is 9.78 Å². The molecular weight excluding hydrogens is 216 g/mol. The molecule has 80 valence electrons. The molecule has 8 heteroatoms. The van der Waals surface area contributed by atoms with Gasteiger partial charge < -0.3 is 0 Å². The molecule has 1 aromatic heterocycles. The molecule has 1 aromatic rings. The van der Waals surface area contributed by atoms with E-state index in [0.717, 1.165) is 12.4 Å². The van der Waals surface area contributed by atoms with E-state index in [-0.39, 0.29) is 11.4 Å². The quantitative estimate of drug-likeness (QED) is 0.832. The molecule has 0 atom stereocenters. The van der Waals surface area contributed by atoms with E-state index in [4.69, 9.17) is 0 Å². The fourth-order valence-corrected chi connectivity index (χ4v) is 1.36. The Morgan fingerprint density at radius 3 is 2.71 bits per heavy atom. The molecule has 0 fully saturated rings. The van der Waals surface area contributed by atoms with Gasteiger partial charge >= 0.3 is 6.55 Å². The van der Waals surface area contributed by atoms with E-state index >= 15 is 0 Å². The van der Waals surface area contributed by atoms with E-state index < -0.39 is 16.6 Å². The number of nitrogens with one attached hydrogen (secondary N) is 1. The molecule has 0 amide bonds. The van der Waals surface area contributed by atoms with Crippen LogP contribution in [-0.2, 0) is 10.0 Å². The molecular formula is C6H9F2N3O2S. The minimum Gasteiger partial charge on any atom is -0.280 e. The Bertz CT molecular complexity index is 401. The summed E-state index contributed by atoms with van der Waals surface area (Å²) >= 11 is 0. The second kappa shape index (κ2) is 3.91. The summed E-state index contributed by atoms with van der Waals surface area (Å²) in [5.41, 5.74) is 0.0344. The van der Waals surface area contributed by atoms with Gasteiger partial charge in [-0.2, -0.15) is 13.9 Å². The van der Waals surface area contributed by atoms with Crippen LogP contribution >= 0.6 is 0 Å².